The van der Waals surface area contributed by atoms with Crippen LogP contribution in [-0.4, -0.2) is 33.3 Å². The molecule has 0 fully saturated rings. The molecule has 0 spiro atoms. The van der Waals surface area contributed by atoms with E-state index >= 15 is 0 Å². The Hall–Kier alpha value is -4.85. The lowest BCUT2D eigenvalue weighted by atomic mass is 10.1. The Balaban J connectivity index is 1.53. The number of aromatic amines is 1. The average Bonchev–Trinajstić information content (AvgIpc) is 3.44. The number of nitrogens with zero attached hydrogens (tertiary/aromatic N) is 3. The van der Waals surface area contributed by atoms with Crippen molar-refractivity contribution in [3.05, 3.63) is 96.6 Å². The number of hydrogen-bond donors (Lipinski definition) is 2. The van der Waals surface area contributed by atoms with E-state index in [0.717, 1.165) is 10.8 Å². The van der Waals surface area contributed by atoms with Crippen molar-refractivity contribution in [1.82, 2.24) is 15.0 Å². The van der Waals surface area contributed by atoms with Gasteiger partial charge in [-0.05, 0) is 60.8 Å². The Morgan fingerprint density at radius 1 is 0.921 bits per heavy atom. The second-order valence-electron chi connectivity index (χ2n) is 8.79. The predicted molar refractivity (Wildman–Crippen MR) is 147 cm³/mol. The number of halogens is 1. The summed E-state index contributed by atoms with van der Waals surface area (Å²) in [5.41, 5.74) is 3.48. The standard InChI is InChI=1S/C30H26FN5O2/c1-3-28(37)34-24-14-21(13-22(15-24)30(38)36(4-2)25-11-9-23(31)10-12-25)27-18-33-29(35-27)26-16-19-7-5-6-8-20(19)17-32-26/h5-18H,3-4H2,1-2H3,(H,33,35)(H,34,37). The molecule has 2 amide bonds. The van der Waals surface area contributed by atoms with Crippen LogP contribution in [0.15, 0.2) is 85.2 Å². The molecular formula is C30H26FN5O2. The zero-order valence-electron chi connectivity index (χ0n) is 21.0. The van der Waals surface area contributed by atoms with Gasteiger partial charge in [0.05, 0.1) is 11.9 Å². The summed E-state index contributed by atoms with van der Waals surface area (Å²) >= 11 is 0. The molecule has 0 saturated carbocycles. The third-order valence-corrected chi connectivity index (χ3v) is 6.24. The number of carbonyl (C=O) groups is 2. The monoisotopic (exact) mass is 507 g/mol. The smallest absolute Gasteiger partial charge is 0.258 e. The van der Waals surface area contributed by atoms with Gasteiger partial charge in [0.25, 0.3) is 5.91 Å². The van der Waals surface area contributed by atoms with Gasteiger partial charge >= 0.3 is 0 Å². The van der Waals surface area contributed by atoms with Gasteiger partial charge < -0.3 is 15.2 Å². The Kier molecular flexibility index (Phi) is 6.95. The van der Waals surface area contributed by atoms with E-state index in [2.05, 4.69) is 20.3 Å². The minimum atomic E-state index is -0.375. The number of hydrogen-bond acceptors (Lipinski definition) is 4. The van der Waals surface area contributed by atoms with Gasteiger partial charge in [-0.2, -0.15) is 0 Å². The number of nitrogens with one attached hydrogen (secondary N) is 2. The lowest BCUT2D eigenvalue weighted by Crippen LogP contribution is -2.30. The van der Waals surface area contributed by atoms with Crippen LogP contribution in [0.5, 0.6) is 0 Å². The average molecular weight is 508 g/mol. The van der Waals surface area contributed by atoms with Gasteiger partial charge in [0, 0.05) is 47.1 Å². The predicted octanol–water partition coefficient (Wildman–Crippen LogP) is 6.45. The summed E-state index contributed by atoms with van der Waals surface area (Å²) < 4.78 is 13.5. The van der Waals surface area contributed by atoms with E-state index in [1.807, 2.05) is 37.3 Å². The van der Waals surface area contributed by atoms with Crippen LogP contribution in [0.3, 0.4) is 0 Å². The Morgan fingerprint density at radius 3 is 2.42 bits per heavy atom. The molecule has 0 aliphatic rings. The summed E-state index contributed by atoms with van der Waals surface area (Å²) in [7, 11) is 0. The largest absolute Gasteiger partial charge is 0.337 e. The summed E-state index contributed by atoms with van der Waals surface area (Å²) in [6.07, 6.45) is 3.78. The zero-order valence-corrected chi connectivity index (χ0v) is 21.0. The van der Waals surface area contributed by atoms with Crippen molar-refractivity contribution in [3.63, 3.8) is 0 Å². The molecule has 5 rings (SSSR count). The van der Waals surface area contributed by atoms with Gasteiger partial charge in [-0.15, -0.1) is 0 Å². The molecule has 2 heterocycles. The Bertz CT molecular complexity index is 1630. The maximum atomic E-state index is 13.6. The van der Waals surface area contributed by atoms with Crippen molar-refractivity contribution >= 4 is 34.0 Å². The number of pyridine rings is 1. The second-order valence-corrected chi connectivity index (χ2v) is 8.79. The minimum absolute atomic E-state index is 0.169. The Labute approximate surface area is 219 Å². The molecule has 3 aromatic carbocycles. The molecule has 2 aromatic heterocycles. The van der Waals surface area contributed by atoms with Crippen molar-refractivity contribution in [1.29, 1.82) is 0 Å². The molecule has 8 heteroatoms. The SMILES string of the molecule is CCC(=O)Nc1cc(C(=O)N(CC)c2ccc(F)cc2)cc(-c2cnc(-c3cc4ccccc4cn3)[nH]2)c1. The maximum absolute atomic E-state index is 13.6. The zero-order chi connectivity index (χ0) is 26.6. The normalized spacial score (nSPS) is 10.9. The first-order valence-corrected chi connectivity index (χ1v) is 12.4. The second kappa shape index (κ2) is 10.6. The van der Waals surface area contributed by atoms with E-state index in [9.17, 15) is 14.0 Å². The molecule has 190 valence electrons. The highest BCUT2D eigenvalue weighted by atomic mass is 19.1. The van der Waals surface area contributed by atoms with E-state index in [1.165, 1.54) is 12.1 Å². The quantitative estimate of drug-likeness (QED) is 0.265. The first-order valence-electron chi connectivity index (χ1n) is 12.4. The van der Waals surface area contributed by atoms with Crippen LogP contribution in [0.2, 0.25) is 0 Å². The summed E-state index contributed by atoms with van der Waals surface area (Å²) in [5.74, 6) is -0.233. The van der Waals surface area contributed by atoms with Crippen molar-refractivity contribution in [3.8, 4) is 22.8 Å². The number of aromatic nitrogens is 3. The Morgan fingerprint density at radius 2 is 1.68 bits per heavy atom. The first kappa shape index (κ1) is 24.8. The number of imidazole rings is 1. The molecule has 0 bridgehead atoms. The number of benzene rings is 3. The van der Waals surface area contributed by atoms with E-state index in [-0.39, 0.29) is 17.6 Å². The van der Waals surface area contributed by atoms with Gasteiger partial charge in [-0.3, -0.25) is 14.6 Å². The third kappa shape index (κ3) is 5.15. The van der Waals surface area contributed by atoms with Gasteiger partial charge in [0.15, 0.2) is 5.82 Å². The van der Waals surface area contributed by atoms with Gasteiger partial charge in [0.2, 0.25) is 5.91 Å². The lowest BCUT2D eigenvalue weighted by molar-refractivity contribution is -0.115. The number of carbonyl (C=O) groups excluding carboxylic acids is 2. The van der Waals surface area contributed by atoms with Gasteiger partial charge in [0.1, 0.15) is 11.5 Å². The van der Waals surface area contributed by atoms with Gasteiger partial charge in [-0.25, -0.2) is 9.37 Å². The van der Waals surface area contributed by atoms with Crippen LogP contribution in [0.25, 0.3) is 33.5 Å². The molecule has 5 aromatic rings. The van der Waals surface area contributed by atoms with Crippen molar-refractivity contribution in [2.45, 2.75) is 20.3 Å². The molecule has 0 radical (unpaired) electrons. The van der Waals surface area contributed by atoms with E-state index in [4.69, 9.17) is 0 Å². The van der Waals surface area contributed by atoms with Crippen LogP contribution in [0.4, 0.5) is 15.8 Å². The van der Waals surface area contributed by atoms with Crippen molar-refractivity contribution in [2.75, 3.05) is 16.8 Å². The number of anilines is 2. The fraction of sp³-hybridized carbons (Fsp3) is 0.133. The van der Waals surface area contributed by atoms with Crippen LogP contribution in [0, 0.1) is 5.82 Å². The van der Waals surface area contributed by atoms with Crippen LogP contribution >= 0.6 is 0 Å². The highest BCUT2D eigenvalue weighted by Gasteiger charge is 2.19. The molecule has 0 saturated heterocycles. The highest BCUT2D eigenvalue weighted by molar-refractivity contribution is 6.08. The van der Waals surface area contributed by atoms with E-state index in [1.54, 1.807) is 54.5 Å². The number of amides is 2. The molecule has 0 atom stereocenters. The maximum Gasteiger partial charge on any atom is 0.258 e. The molecule has 2 N–H and O–H groups in total. The minimum Gasteiger partial charge on any atom is -0.337 e. The summed E-state index contributed by atoms with van der Waals surface area (Å²) in [6.45, 7) is 3.99. The summed E-state index contributed by atoms with van der Waals surface area (Å²) in [6, 6.07) is 20.9. The lowest BCUT2D eigenvalue weighted by Gasteiger charge is -2.22. The van der Waals surface area contributed by atoms with Crippen molar-refractivity contribution < 1.29 is 14.0 Å². The number of rotatable bonds is 7. The van der Waals surface area contributed by atoms with Crippen molar-refractivity contribution in [2.24, 2.45) is 0 Å². The summed E-state index contributed by atoms with van der Waals surface area (Å²) in [5, 5.41) is 4.94. The highest BCUT2D eigenvalue weighted by Crippen LogP contribution is 2.28. The van der Waals surface area contributed by atoms with Crippen LogP contribution in [0.1, 0.15) is 30.6 Å². The van der Waals surface area contributed by atoms with Gasteiger partial charge in [-0.1, -0.05) is 31.2 Å². The van der Waals surface area contributed by atoms with Crippen LogP contribution < -0.4 is 10.2 Å². The molecule has 7 nitrogen and oxygen atoms in total. The molecule has 0 aliphatic carbocycles. The molecule has 0 aliphatic heterocycles. The van der Waals surface area contributed by atoms with E-state index < -0.39 is 0 Å². The first-order chi connectivity index (χ1) is 18.4. The van der Waals surface area contributed by atoms with Crippen LogP contribution in [-0.2, 0) is 4.79 Å². The molecular weight excluding hydrogens is 481 g/mol. The fourth-order valence-corrected chi connectivity index (χ4v) is 4.26. The fourth-order valence-electron chi connectivity index (χ4n) is 4.26. The van der Waals surface area contributed by atoms with E-state index in [0.29, 0.717) is 52.7 Å². The topological polar surface area (TPSA) is 91.0 Å². The summed E-state index contributed by atoms with van der Waals surface area (Å²) in [4.78, 5) is 39.7. The third-order valence-electron chi connectivity index (χ3n) is 6.24. The molecule has 38 heavy (non-hydrogen) atoms. The number of H-pyrrole nitrogens is 1. The molecule has 0 unspecified atom stereocenters. The number of fused-ring (bicyclic) bond motifs is 1.